The molecule has 2 rings (SSSR count). The second-order valence-corrected chi connectivity index (χ2v) is 5.17. The van der Waals surface area contributed by atoms with Crippen LogP contribution in [0.15, 0.2) is 48.5 Å². The number of benzene rings is 2. The summed E-state index contributed by atoms with van der Waals surface area (Å²) in [4.78, 5) is 33.8. The summed E-state index contributed by atoms with van der Waals surface area (Å²) in [5.74, 6) is -0.813. The van der Waals surface area contributed by atoms with E-state index in [1.54, 1.807) is 6.07 Å². The molecule has 9 heteroatoms. The van der Waals surface area contributed by atoms with E-state index >= 15 is 0 Å². The zero-order valence-electron chi connectivity index (χ0n) is 14.5. The molecular weight excluding hydrogens is 358 g/mol. The van der Waals surface area contributed by atoms with Gasteiger partial charge < -0.3 is 18.9 Å². The van der Waals surface area contributed by atoms with Crippen molar-refractivity contribution in [1.82, 2.24) is 0 Å². The van der Waals surface area contributed by atoms with E-state index in [0.717, 1.165) is 0 Å². The topological polar surface area (TPSA) is 114 Å². The van der Waals surface area contributed by atoms with Crippen LogP contribution in [-0.4, -0.2) is 43.8 Å². The Balaban J connectivity index is 1.87. The fraction of sp³-hybridized carbons (Fsp3) is 0.222. The molecule has 0 saturated carbocycles. The van der Waals surface area contributed by atoms with Gasteiger partial charge in [-0.25, -0.2) is 9.59 Å². The fourth-order valence-corrected chi connectivity index (χ4v) is 1.95. The first kappa shape index (κ1) is 19.9. The molecule has 0 radical (unpaired) electrons. The Bertz CT molecular complexity index is 803. The summed E-state index contributed by atoms with van der Waals surface area (Å²) in [6, 6.07) is 11.2. The first-order chi connectivity index (χ1) is 13.0. The SMILES string of the molecule is COCCOC(=O)c1cccc(OC(=O)COc2ccc([N+](=O)[O-])cc2)c1. The summed E-state index contributed by atoms with van der Waals surface area (Å²) in [5.41, 5.74) is 0.145. The molecular formula is C18H17NO8. The van der Waals surface area contributed by atoms with Crippen LogP contribution in [0.5, 0.6) is 11.5 Å². The van der Waals surface area contributed by atoms with Crippen LogP contribution >= 0.6 is 0 Å². The standard InChI is InChI=1S/C18H17NO8/c1-24-9-10-25-18(21)13-3-2-4-16(11-13)27-17(20)12-26-15-7-5-14(6-8-15)19(22)23/h2-8,11H,9-10,12H2,1H3. The molecule has 0 aliphatic heterocycles. The van der Waals surface area contributed by atoms with Gasteiger partial charge in [0.2, 0.25) is 0 Å². The quantitative estimate of drug-likeness (QED) is 0.216. The largest absolute Gasteiger partial charge is 0.482 e. The van der Waals surface area contributed by atoms with Gasteiger partial charge in [0.25, 0.3) is 5.69 Å². The number of non-ortho nitro benzene ring substituents is 1. The molecule has 27 heavy (non-hydrogen) atoms. The van der Waals surface area contributed by atoms with Gasteiger partial charge in [-0.15, -0.1) is 0 Å². The van der Waals surface area contributed by atoms with Gasteiger partial charge in [0.1, 0.15) is 18.1 Å². The van der Waals surface area contributed by atoms with Crippen molar-refractivity contribution in [1.29, 1.82) is 0 Å². The second-order valence-electron chi connectivity index (χ2n) is 5.17. The lowest BCUT2D eigenvalue weighted by Crippen LogP contribution is -2.18. The van der Waals surface area contributed by atoms with Crippen molar-refractivity contribution in [2.24, 2.45) is 0 Å². The lowest BCUT2D eigenvalue weighted by Gasteiger charge is -2.08. The lowest BCUT2D eigenvalue weighted by molar-refractivity contribution is -0.384. The van der Waals surface area contributed by atoms with Gasteiger partial charge in [0.15, 0.2) is 6.61 Å². The highest BCUT2D eigenvalue weighted by molar-refractivity contribution is 5.90. The third kappa shape index (κ3) is 6.40. The number of nitro groups is 1. The molecule has 0 N–H and O–H groups in total. The monoisotopic (exact) mass is 375 g/mol. The van der Waals surface area contributed by atoms with Gasteiger partial charge in [0, 0.05) is 19.2 Å². The highest BCUT2D eigenvalue weighted by atomic mass is 16.6. The van der Waals surface area contributed by atoms with Crippen LogP contribution < -0.4 is 9.47 Å². The number of hydrogen-bond donors (Lipinski definition) is 0. The van der Waals surface area contributed by atoms with Crippen LogP contribution in [0, 0.1) is 10.1 Å². The van der Waals surface area contributed by atoms with Crippen LogP contribution in [0.25, 0.3) is 0 Å². The summed E-state index contributed by atoms with van der Waals surface area (Å²) in [5, 5.41) is 10.6. The molecule has 2 aromatic carbocycles. The second kappa shape index (κ2) is 9.88. The Morgan fingerprint density at radius 2 is 1.78 bits per heavy atom. The zero-order chi connectivity index (χ0) is 19.6. The van der Waals surface area contributed by atoms with E-state index in [4.69, 9.17) is 18.9 Å². The van der Waals surface area contributed by atoms with Crippen molar-refractivity contribution in [2.45, 2.75) is 0 Å². The number of rotatable bonds is 9. The molecule has 2 aromatic rings. The zero-order valence-corrected chi connectivity index (χ0v) is 14.5. The number of hydrogen-bond acceptors (Lipinski definition) is 8. The van der Waals surface area contributed by atoms with Crippen molar-refractivity contribution in [3.05, 3.63) is 64.2 Å². The molecule has 0 fully saturated rings. The minimum absolute atomic E-state index is 0.0841. The molecule has 0 amide bonds. The Morgan fingerprint density at radius 3 is 2.44 bits per heavy atom. The minimum atomic E-state index is -0.696. The molecule has 0 unspecified atom stereocenters. The Kier molecular flexibility index (Phi) is 7.26. The third-order valence-corrected chi connectivity index (χ3v) is 3.23. The number of ether oxygens (including phenoxy) is 4. The van der Waals surface area contributed by atoms with E-state index in [1.807, 2.05) is 0 Å². The van der Waals surface area contributed by atoms with Gasteiger partial charge in [-0.1, -0.05) is 6.07 Å². The molecule has 0 bridgehead atoms. The van der Waals surface area contributed by atoms with Gasteiger partial charge in [-0.2, -0.15) is 0 Å². The van der Waals surface area contributed by atoms with E-state index < -0.39 is 23.5 Å². The van der Waals surface area contributed by atoms with Crippen LogP contribution in [0.3, 0.4) is 0 Å². The van der Waals surface area contributed by atoms with Gasteiger partial charge in [-0.05, 0) is 30.3 Å². The summed E-state index contributed by atoms with van der Waals surface area (Å²) < 4.78 is 20.1. The highest BCUT2D eigenvalue weighted by Crippen LogP contribution is 2.18. The molecule has 0 aromatic heterocycles. The van der Waals surface area contributed by atoms with Crippen LogP contribution in [0.4, 0.5) is 5.69 Å². The van der Waals surface area contributed by atoms with Gasteiger partial charge in [-0.3, -0.25) is 10.1 Å². The smallest absolute Gasteiger partial charge is 0.349 e. The van der Waals surface area contributed by atoms with E-state index in [1.165, 1.54) is 49.6 Å². The third-order valence-electron chi connectivity index (χ3n) is 3.23. The molecule has 0 aliphatic rings. The van der Waals surface area contributed by atoms with Crippen molar-refractivity contribution in [3.63, 3.8) is 0 Å². The van der Waals surface area contributed by atoms with Crippen molar-refractivity contribution >= 4 is 17.6 Å². The number of esters is 2. The Morgan fingerprint density at radius 1 is 1.04 bits per heavy atom. The number of nitrogens with zero attached hydrogens (tertiary/aromatic N) is 1. The van der Waals surface area contributed by atoms with Crippen molar-refractivity contribution in [2.75, 3.05) is 26.9 Å². The highest BCUT2D eigenvalue weighted by Gasteiger charge is 2.12. The number of methoxy groups -OCH3 is 1. The fourth-order valence-electron chi connectivity index (χ4n) is 1.95. The van der Waals surface area contributed by atoms with E-state index in [2.05, 4.69) is 0 Å². The normalized spacial score (nSPS) is 10.1. The van der Waals surface area contributed by atoms with Crippen molar-refractivity contribution in [3.8, 4) is 11.5 Å². The predicted molar refractivity (Wildman–Crippen MR) is 92.8 cm³/mol. The van der Waals surface area contributed by atoms with Crippen molar-refractivity contribution < 1.29 is 33.5 Å². The maximum Gasteiger partial charge on any atom is 0.349 e. The van der Waals surface area contributed by atoms with Gasteiger partial charge in [0.05, 0.1) is 17.1 Å². The molecule has 0 heterocycles. The predicted octanol–water partition coefficient (Wildman–Crippen LogP) is 2.38. The lowest BCUT2D eigenvalue weighted by atomic mass is 10.2. The number of carbonyl (C=O) groups is 2. The average Bonchev–Trinajstić information content (AvgIpc) is 2.67. The van der Waals surface area contributed by atoms with Crippen LogP contribution in [0.1, 0.15) is 10.4 Å². The maximum atomic E-state index is 11.9. The Labute approximate surface area is 154 Å². The number of nitro benzene ring substituents is 1. The molecule has 9 nitrogen and oxygen atoms in total. The van der Waals surface area contributed by atoms with E-state index in [9.17, 15) is 19.7 Å². The average molecular weight is 375 g/mol. The molecule has 0 atom stereocenters. The van der Waals surface area contributed by atoms with E-state index in [-0.39, 0.29) is 36.0 Å². The van der Waals surface area contributed by atoms with Crippen LogP contribution in [0.2, 0.25) is 0 Å². The Hall–Kier alpha value is -3.46. The van der Waals surface area contributed by atoms with Crippen LogP contribution in [-0.2, 0) is 14.3 Å². The van der Waals surface area contributed by atoms with E-state index in [0.29, 0.717) is 0 Å². The minimum Gasteiger partial charge on any atom is -0.482 e. The summed E-state index contributed by atoms with van der Waals surface area (Å²) in [6.07, 6.45) is 0. The van der Waals surface area contributed by atoms with Gasteiger partial charge >= 0.3 is 11.9 Å². The summed E-state index contributed by atoms with van der Waals surface area (Å²) >= 11 is 0. The first-order valence-corrected chi connectivity index (χ1v) is 7.83. The molecule has 142 valence electrons. The number of carbonyl (C=O) groups excluding carboxylic acids is 2. The molecule has 0 saturated heterocycles. The summed E-state index contributed by atoms with van der Waals surface area (Å²) in [7, 11) is 1.49. The summed E-state index contributed by atoms with van der Waals surface area (Å²) in [6.45, 7) is -0.0108. The first-order valence-electron chi connectivity index (χ1n) is 7.83. The molecule has 0 spiro atoms. The molecule has 0 aliphatic carbocycles. The maximum absolute atomic E-state index is 11.9.